The van der Waals surface area contributed by atoms with Crippen LogP contribution in [-0.2, 0) is 4.79 Å². The van der Waals surface area contributed by atoms with Gasteiger partial charge < -0.3 is 4.74 Å². The number of nitrogens with zero attached hydrogens (tertiary/aromatic N) is 2. The van der Waals surface area contributed by atoms with E-state index in [1.165, 1.54) is 18.3 Å². The lowest BCUT2D eigenvalue weighted by molar-refractivity contribution is -0.384. The number of hydrogen-bond acceptors (Lipinski definition) is 5. The number of hydrazone groups is 1. The number of ether oxygens (including phenoxy) is 1. The van der Waals surface area contributed by atoms with E-state index >= 15 is 0 Å². The van der Waals surface area contributed by atoms with E-state index in [1.54, 1.807) is 18.2 Å². The van der Waals surface area contributed by atoms with Crippen molar-refractivity contribution in [3.63, 3.8) is 0 Å². The number of nitrogens with one attached hydrogen (secondary N) is 1. The summed E-state index contributed by atoms with van der Waals surface area (Å²) in [5, 5.41) is 16.5. The van der Waals surface area contributed by atoms with Gasteiger partial charge in [-0.25, -0.2) is 5.43 Å². The van der Waals surface area contributed by atoms with E-state index in [9.17, 15) is 14.9 Å². The molecule has 0 aromatic heterocycles. The number of carbonyl (C=O) groups excluding carboxylic acids is 1. The quantitative estimate of drug-likeness (QED) is 0.295. The number of non-ortho nitro benzene ring substituents is 1. The zero-order valence-electron chi connectivity index (χ0n) is 14.3. The van der Waals surface area contributed by atoms with E-state index in [0.717, 1.165) is 19.7 Å². The van der Waals surface area contributed by atoms with Crippen molar-refractivity contribution in [2.45, 2.75) is 0 Å². The highest BCUT2D eigenvalue weighted by molar-refractivity contribution is 9.11. The van der Waals surface area contributed by atoms with E-state index in [1.807, 2.05) is 24.3 Å². The maximum Gasteiger partial charge on any atom is 0.277 e. The van der Waals surface area contributed by atoms with Crippen molar-refractivity contribution < 1.29 is 14.5 Å². The van der Waals surface area contributed by atoms with E-state index in [4.69, 9.17) is 4.74 Å². The second kappa shape index (κ2) is 8.94. The Morgan fingerprint density at radius 1 is 1.18 bits per heavy atom. The molecule has 0 heterocycles. The topological polar surface area (TPSA) is 93.8 Å². The normalized spacial score (nSPS) is 10.9. The highest BCUT2D eigenvalue weighted by Gasteiger charge is 2.09. The van der Waals surface area contributed by atoms with Crippen LogP contribution >= 0.6 is 31.9 Å². The molecular weight excluding hydrogens is 494 g/mol. The summed E-state index contributed by atoms with van der Waals surface area (Å²) < 4.78 is 7.29. The first-order valence-electron chi connectivity index (χ1n) is 8.01. The monoisotopic (exact) mass is 505 g/mol. The molecule has 0 saturated carbocycles. The van der Waals surface area contributed by atoms with Gasteiger partial charge in [-0.1, -0.05) is 40.2 Å². The van der Waals surface area contributed by atoms with Crippen LogP contribution in [0.3, 0.4) is 0 Å². The van der Waals surface area contributed by atoms with E-state index in [2.05, 4.69) is 42.4 Å². The van der Waals surface area contributed by atoms with Crippen molar-refractivity contribution in [3.8, 4) is 5.75 Å². The molecule has 0 unspecified atom stereocenters. The second-order valence-corrected chi connectivity index (χ2v) is 7.39. The van der Waals surface area contributed by atoms with Crippen molar-refractivity contribution in [2.24, 2.45) is 5.10 Å². The fourth-order valence-corrected chi connectivity index (χ4v) is 3.41. The third kappa shape index (κ3) is 4.93. The third-order valence-electron chi connectivity index (χ3n) is 3.72. The van der Waals surface area contributed by atoms with Gasteiger partial charge in [0.05, 0.1) is 15.6 Å². The van der Waals surface area contributed by atoms with E-state index < -0.39 is 10.8 Å². The van der Waals surface area contributed by atoms with Crippen LogP contribution in [0.4, 0.5) is 5.69 Å². The lowest BCUT2D eigenvalue weighted by Crippen LogP contribution is -2.24. The standard InChI is InChI=1S/C19H13Br2N3O4/c20-14-5-6-16-13(9-14)4-7-17(19(16)21)28-11-18(25)23-22-10-12-2-1-3-15(8-12)24(26)27/h1-10H,11H2,(H,23,25). The first kappa shape index (κ1) is 20.0. The second-order valence-electron chi connectivity index (χ2n) is 5.68. The Bertz CT molecular complexity index is 1090. The van der Waals surface area contributed by atoms with Gasteiger partial charge in [0.15, 0.2) is 6.61 Å². The summed E-state index contributed by atoms with van der Waals surface area (Å²) in [5.74, 6) is 0.0807. The average molecular weight is 507 g/mol. The molecule has 1 amide bonds. The van der Waals surface area contributed by atoms with Crippen LogP contribution in [0.25, 0.3) is 10.8 Å². The molecule has 3 aromatic carbocycles. The van der Waals surface area contributed by atoms with E-state index in [-0.39, 0.29) is 12.3 Å². The van der Waals surface area contributed by atoms with Gasteiger partial charge in [0.1, 0.15) is 5.75 Å². The van der Waals surface area contributed by atoms with Gasteiger partial charge in [0.25, 0.3) is 11.6 Å². The molecule has 0 spiro atoms. The molecule has 28 heavy (non-hydrogen) atoms. The number of benzene rings is 3. The summed E-state index contributed by atoms with van der Waals surface area (Å²) in [4.78, 5) is 22.2. The van der Waals surface area contributed by atoms with Gasteiger partial charge in [-0.05, 0) is 44.9 Å². The van der Waals surface area contributed by atoms with Crippen LogP contribution in [0.2, 0.25) is 0 Å². The Morgan fingerprint density at radius 2 is 2.00 bits per heavy atom. The van der Waals surface area contributed by atoms with Gasteiger partial charge in [0.2, 0.25) is 0 Å². The van der Waals surface area contributed by atoms with Gasteiger partial charge in [-0.2, -0.15) is 5.10 Å². The van der Waals surface area contributed by atoms with Gasteiger partial charge >= 0.3 is 0 Å². The fourth-order valence-electron chi connectivity index (χ4n) is 2.43. The first-order chi connectivity index (χ1) is 13.4. The highest BCUT2D eigenvalue weighted by atomic mass is 79.9. The van der Waals surface area contributed by atoms with E-state index in [0.29, 0.717) is 11.3 Å². The molecular formula is C19H13Br2N3O4. The smallest absolute Gasteiger partial charge is 0.277 e. The molecule has 0 aliphatic carbocycles. The molecule has 1 N–H and O–H groups in total. The zero-order chi connectivity index (χ0) is 20.1. The van der Waals surface area contributed by atoms with Crippen molar-refractivity contribution in [3.05, 3.63) is 79.2 Å². The van der Waals surface area contributed by atoms with Gasteiger partial charge in [-0.3, -0.25) is 14.9 Å². The summed E-state index contributed by atoms with van der Waals surface area (Å²) in [6.45, 7) is -0.229. The summed E-state index contributed by atoms with van der Waals surface area (Å²) >= 11 is 6.93. The van der Waals surface area contributed by atoms with Crippen LogP contribution in [0.15, 0.2) is 68.6 Å². The predicted molar refractivity (Wildman–Crippen MR) is 114 cm³/mol. The zero-order valence-corrected chi connectivity index (χ0v) is 17.4. The molecule has 0 aliphatic rings. The molecule has 0 bridgehead atoms. The molecule has 0 radical (unpaired) electrons. The number of nitro benzene ring substituents is 1. The maximum atomic E-state index is 11.9. The first-order valence-corrected chi connectivity index (χ1v) is 9.59. The fraction of sp³-hybridized carbons (Fsp3) is 0.0526. The molecule has 0 aliphatic heterocycles. The molecule has 9 heteroatoms. The van der Waals surface area contributed by atoms with Crippen LogP contribution in [0.5, 0.6) is 5.75 Å². The number of rotatable bonds is 6. The Labute approximate surface area is 176 Å². The van der Waals surface area contributed by atoms with Crippen LogP contribution in [0.1, 0.15) is 5.56 Å². The van der Waals surface area contributed by atoms with Crippen molar-refractivity contribution in [2.75, 3.05) is 6.61 Å². The van der Waals surface area contributed by atoms with Crippen molar-refractivity contribution in [1.82, 2.24) is 5.43 Å². The molecule has 0 saturated heterocycles. The molecule has 142 valence electrons. The van der Waals surface area contributed by atoms with Gasteiger partial charge in [0, 0.05) is 22.2 Å². The minimum Gasteiger partial charge on any atom is -0.483 e. The van der Waals surface area contributed by atoms with Crippen LogP contribution in [0, 0.1) is 10.1 Å². The molecule has 7 nitrogen and oxygen atoms in total. The number of hydrogen-bond donors (Lipinski definition) is 1. The minimum atomic E-state index is -0.496. The molecule has 3 rings (SSSR count). The number of carbonyl (C=O) groups is 1. The maximum absolute atomic E-state index is 11.9. The Balaban J connectivity index is 1.59. The third-order valence-corrected chi connectivity index (χ3v) is 5.03. The lowest BCUT2D eigenvalue weighted by Gasteiger charge is -2.10. The molecule has 0 atom stereocenters. The van der Waals surface area contributed by atoms with Crippen LogP contribution in [-0.4, -0.2) is 23.7 Å². The van der Waals surface area contributed by atoms with Crippen LogP contribution < -0.4 is 10.2 Å². The Morgan fingerprint density at radius 3 is 2.79 bits per heavy atom. The molecule has 3 aromatic rings. The Kier molecular flexibility index (Phi) is 6.37. The molecule has 0 fully saturated rings. The van der Waals surface area contributed by atoms with Gasteiger partial charge in [-0.15, -0.1) is 0 Å². The Hall–Kier alpha value is -2.78. The largest absolute Gasteiger partial charge is 0.483 e. The average Bonchev–Trinajstić information content (AvgIpc) is 2.67. The van der Waals surface area contributed by atoms with Crippen molar-refractivity contribution >= 4 is 60.4 Å². The minimum absolute atomic E-state index is 0.0493. The SMILES string of the molecule is O=C(COc1ccc2cc(Br)ccc2c1Br)NN=Cc1cccc([N+](=O)[O-])c1. The summed E-state index contributed by atoms with van der Waals surface area (Å²) in [6, 6.07) is 15.5. The number of halogens is 2. The highest BCUT2D eigenvalue weighted by Crippen LogP contribution is 2.34. The number of fused-ring (bicyclic) bond motifs is 1. The predicted octanol–water partition coefficient (Wildman–Crippen LogP) is 4.80. The van der Waals surface area contributed by atoms with Crippen molar-refractivity contribution in [1.29, 1.82) is 0 Å². The summed E-state index contributed by atoms with van der Waals surface area (Å²) in [5.41, 5.74) is 2.78. The summed E-state index contributed by atoms with van der Waals surface area (Å²) in [6.07, 6.45) is 1.33. The lowest BCUT2D eigenvalue weighted by atomic mass is 10.1. The number of amides is 1. The summed E-state index contributed by atoms with van der Waals surface area (Å²) in [7, 11) is 0. The number of nitro groups is 1.